The first-order valence-electron chi connectivity index (χ1n) is 11.5. The number of nitrogens with one attached hydrogen (secondary N) is 1. The molecule has 2 aromatic carbocycles. The first kappa shape index (κ1) is 23.9. The molecule has 0 spiro atoms. The van der Waals surface area contributed by atoms with Gasteiger partial charge in [-0.2, -0.15) is 0 Å². The number of halogens is 1. The molecule has 0 saturated carbocycles. The summed E-state index contributed by atoms with van der Waals surface area (Å²) < 4.78 is 15.3. The lowest BCUT2D eigenvalue weighted by Gasteiger charge is -2.32. The number of carbonyl (C=O) groups excluding carboxylic acids is 2. The molecule has 0 aliphatic carbocycles. The SMILES string of the molecule is CCCNC(=O)C1CCCN(C(=O)CSc2nnc(-c3ccc(F)cc3)n2-c2ccccc2)C1. The first-order chi connectivity index (χ1) is 16.6. The molecule has 34 heavy (non-hydrogen) atoms. The zero-order valence-electron chi connectivity index (χ0n) is 19.1. The highest BCUT2D eigenvalue weighted by molar-refractivity contribution is 7.99. The third kappa shape index (κ3) is 5.64. The molecular formula is C25H28FN5O2S. The Labute approximate surface area is 202 Å². The molecule has 2 amide bonds. The van der Waals surface area contributed by atoms with Gasteiger partial charge in [-0.1, -0.05) is 36.9 Å². The fourth-order valence-corrected chi connectivity index (χ4v) is 4.84. The van der Waals surface area contributed by atoms with Gasteiger partial charge < -0.3 is 10.2 Å². The molecule has 4 rings (SSSR count). The Morgan fingerprint density at radius 2 is 1.88 bits per heavy atom. The van der Waals surface area contributed by atoms with E-state index >= 15 is 0 Å². The van der Waals surface area contributed by atoms with Crippen LogP contribution < -0.4 is 5.32 Å². The third-order valence-corrected chi connectivity index (χ3v) is 6.68. The number of carbonyl (C=O) groups is 2. The van der Waals surface area contributed by atoms with Crippen LogP contribution in [0.5, 0.6) is 0 Å². The fourth-order valence-electron chi connectivity index (χ4n) is 3.99. The minimum atomic E-state index is -0.321. The van der Waals surface area contributed by atoms with E-state index in [1.165, 1.54) is 23.9 Å². The highest BCUT2D eigenvalue weighted by Crippen LogP contribution is 2.28. The second-order valence-electron chi connectivity index (χ2n) is 8.24. The van der Waals surface area contributed by atoms with Crippen LogP contribution in [0.3, 0.4) is 0 Å². The monoisotopic (exact) mass is 481 g/mol. The number of likely N-dealkylation sites (tertiary alicyclic amines) is 1. The van der Waals surface area contributed by atoms with Gasteiger partial charge in [-0.3, -0.25) is 14.2 Å². The van der Waals surface area contributed by atoms with Gasteiger partial charge in [0, 0.05) is 30.9 Å². The summed E-state index contributed by atoms with van der Waals surface area (Å²) in [5, 5.41) is 12.2. The average molecular weight is 482 g/mol. The molecule has 3 aromatic rings. The Bertz CT molecular complexity index is 1120. The minimum Gasteiger partial charge on any atom is -0.356 e. The van der Waals surface area contributed by atoms with Crippen LogP contribution in [0.2, 0.25) is 0 Å². The maximum Gasteiger partial charge on any atom is 0.233 e. The molecule has 7 nitrogen and oxygen atoms in total. The van der Waals surface area contributed by atoms with Gasteiger partial charge in [0.25, 0.3) is 0 Å². The number of para-hydroxylation sites is 1. The van der Waals surface area contributed by atoms with Gasteiger partial charge >= 0.3 is 0 Å². The first-order valence-corrected chi connectivity index (χ1v) is 12.5. The normalized spacial score (nSPS) is 15.8. The Balaban J connectivity index is 1.49. The number of thioether (sulfide) groups is 1. The van der Waals surface area contributed by atoms with Gasteiger partial charge in [0.1, 0.15) is 5.82 Å². The molecule has 1 unspecified atom stereocenters. The second kappa shape index (κ2) is 11.3. The van der Waals surface area contributed by atoms with Crippen LogP contribution in [0, 0.1) is 11.7 Å². The van der Waals surface area contributed by atoms with Gasteiger partial charge in [0.15, 0.2) is 11.0 Å². The van der Waals surface area contributed by atoms with Gasteiger partial charge in [-0.05, 0) is 55.7 Å². The maximum absolute atomic E-state index is 13.4. The maximum atomic E-state index is 13.4. The van der Waals surface area contributed by atoms with Gasteiger partial charge in [0.2, 0.25) is 11.8 Å². The molecule has 0 radical (unpaired) electrons. The number of nitrogens with zero attached hydrogens (tertiary/aromatic N) is 4. The summed E-state index contributed by atoms with van der Waals surface area (Å²) in [6.45, 7) is 3.78. The molecule has 1 aromatic heterocycles. The smallest absolute Gasteiger partial charge is 0.233 e. The zero-order chi connectivity index (χ0) is 23.9. The second-order valence-corrected chi connectivity index (χ2v) is 9.19. The summed E-state index contributed by atoms with van der Waals surface area (Å²) in [6.07, 6.45) is 2.51. The summed E-state index contributed by atoms with van der Waals surface area (Å²) in [5.41, 5.74) is 1.58. The van der Waals surface area contributed by atoms with E-state index in [0.29, 0.717) is 30.6 Å². The molecule has 9 heteroatoms. The van der Waals surface area contributed by atoms with Crippen molar-refractivity contribution in [1.82, 2.24) is 25.0 Å². The van der Waals surface area contributed by atoms with Gasteiger partial charge in [-0.15, -0.1) is 10.2 Å². The standard InChI is InChI=1S/C25H28FN5O2S/c1-2-14-27-24(33)19-7-6-15-30(16-19)22(32)17-34-25-29-28-23(18-10-12-20(26)13-11-18)31(25)21-8-4-3-5-9-21/h3-5,8-13,19H,2,6-7,14-17H2,1H3,(H,27,33). The lowest BCUT2D eigenvalue weighted by atomic mass is 9.97. The van der Waals surface area contributed by atoms with E-state index < -0.39 is 0 Å². The topological polar surface area (TPSA) is 80.1 Å². The highest BCUT2D eigenvalue weighted by atomic mass is 32.2. The van der Waals surface area contributed by atoms with Crippen LogP contribution in [0.4, 0.5) is 4.39 Å². The number of benzene rings is 2. The van der Waals surface area contributed by atoms with Crippen molar-refractivity contribution in [1.29, 1.82) is 0 Å². The number of aromatic nitrogens is 3. The zero-order valence-corrected chi connectivity index (χ0v) is 19.9. The van der Waals surface area contributed by atoms with E-state index in [0.717, 1.165) is 30.5 Å². The molecule has 178 valence electrons. The number of amides is 2. The summed E-state index contributed by atoms with van der Waals surface area (Å²) in [4.78, 5) is 27.1. The molecule has 1 aliphatic heterocycles. The molecular weight excluding hydrogens is 453 g/mol. The number of hydrogen-bond acceptors (Lipinski definition) is 5. The average Bonchev–Trinajstić information content (AvgIpc) is 3.30. The van der Waals surface area contributed by atoms with E-state index in [4.69, 9.17) is 0 Å². The van der Waals surface area contributed by atoms with Crippen LogP contribution in [0.25, 0.3) is 17.1 Å². The number of piperidine rings is 1. The van der Waals surface area contributed by atoms with Crippen LogP contribution in [-0.2, 0) is 9.59 Å². The molecule has 1 saturated heterocycles. The molecule has 0 bridgehead atoms. The van der Waals surface area contributed by atoms with Crippen LogP contribution in [0.1, 0.15) is 26.2 Å². The quantitative estimate of drug-likeness (QED) is 0.493. The van der Waals surface area contributed by atoms with Crippen molar-refractivity contribution in [3.05, 3.63) is 60.4 Å². The largest absolute Gasteiger partial charge is 0.356 e. The number of hydrogen-bond donors (Lipinski definition) is 1. The van der Waals surface area contributed by atoms with Gasteiger partial charge in [-0.25, -0.2) is 4.39 Å². The van der Waals surface area contributed by atoms with E-state index in [2.05, 4.69) is 15.5 Å². The minimum absolute atomic E-state index is 0.0241. The predicted octanol–water partition coefficient (Wildman–Crippen LogP) is 3.93. The Morgan fingerprint density at radius 1 is 1.12 bits per heavy atom. The molecule has 2 heterocycles. The molecule has 1 fully saturated rings. The van der Waals surface area contributed by atoms with E-state index in [9.17, 15) is 14.0 Å². The van der Waals surface area contributed by atoms with Crippen molar-refractivity contribution in [3.8, 4) is 17.1 Å². The Morgan fingerprint density at radius 3 is 2.62 bits per heavy atom. The molecule has 1 N–H and O–H groups in total. The molecule has 1 aliphatic rings. The van der Waals surface area contributed by atoms with Crippen molar-refractivity contribution < 1.29 is 14.0 Å². The lowest BCUT2D eigenvalue weighted by molar-refractivity contribution is -0.133. The van der Waals surface area contributed by atoms with Crippen LogP contribution >= 0.6 is 11.8 Å². The molecule has 1 atom stereocenters. The summed E-state index contributed by atoms with van der Waals surface area (Å²) in [5.74, 6) is 0.290. The fraction of sp³-hybridized carbons (Fsp3) is 0.360. The van der Waals surface area contributed by atoms with Crippen LogP contribution in [-0.4, -0.2) is 56.9 Å². The third-order valence-electron chi connectivity index (χ3n) is 5.77. The highest BCUT2D eigenvalue weighted by Gasteiger charge is 2.28. The summed E-state index contributed by atoms with van der Waals surface area (Å²) in [7, 11) is 0. The van der Waals surface area contributed by atoms with E-state index in [-0.39, 0.29) is 29.3 Å². The van der Waals surface area contributed by atoms with Crippen molar-refractivity contribution in [2.45, 2.75) is 31.3 Å². The van der Waals surface area contributed by atoms with E-state index in [1.54, 1.807) is 17.0 Å². The van der Waals surface area contributed by atoms with Crippen molar-refractivity contribution >= 4 is 23.6 Å². The summed E-state index contributed by atoms with van der Waals surface area (Å²) in [6, 6.07) is 15.7. The van der Waals surface area contributed by atoms with E-state index in [1.807, 2.05) is 41.8 Å². The van der Waals surface area contributed by atoms with Crippen molar-refractivity contribution in [3.63, 3.8) is 0 Å². The van der Waals surface area contributed by atoms with Crippen molar-refractivity contribution in [2.24, 2.45) is 5.92 Å². The Kier molecular flexibility index (Phi) is 7.95. The predicted molar refractivity (Wildman–Crippen MR) is 130 cm³/mol. The number of rotatable bonds is 8. The lowest BCUT2D eigenvalue weighted by Crippen LogP contribution is -2.46. The summed E-state index contributed by atoms with van der Waals surface area (Å²) >= 11 is 1.31. The van der Waals surface area contributed by atoms with Crippen LogP contribution in [0.15, 0.2) is 59.8 Å². The Hall–Kier alpha value is -3.20. The van der Waals surface area contributed by atoms with Crippen molar-refractivity contribution in [2.75, 3.05) is 25.4 Å². The van der Waals surface area contributed by atoms with Gasteiger partial charge in [0.05, 0.1) is 11.7 Å².